The predicted octanol–water partition coefficient (Wildman–Crippen LogP) is 2.12. The number of hydrogen-bond acceptors (Lipinski definition) is 4. The summed E-state index contributed by atoms with van der Waals surface area (Å²) >= 11 is 0. The van der Waals surface area contributed by atoms with Gasteiger partial charge in [-0.3, -0.25) is 14.6 Å². The summed E-state index contributed by atoms with van der Waals surface area (Å²) in [4.78, 5) is 30.9. The molecule has 0 aromatic carbocycles. The van der Waals surface area contributed by atoms with Gasteiger partial charge in [-0.15, -0.1) is 0 Å². The van der Waals surface area contributed by atoms with Crippen molar-refractivity contribution in [2.45, 2.75) is 32.7 Å². The quantitative estimate of drug-likeness (QED) is 0.866. The minimum Gasteiger partial charge on any atom is -0.341 e. The van der Waals surface area contributed by atoms with E-state index in [-0.39, 0.29) is 11.5 Å². The lowest BCUT2D eigenvalue weighted by Crippen LogP contribution is -2.44. The highest BCUT2D eigenvalue weighted by molar-refractivity contribution is 5.80. The molecule has 6 nitrogen and oxygen atoms in total. The molecule has 3 rings (SSSR count). The number of amides is 1. The highest BCUT2D eigenvalue weighted by Crippen LogP contribution is 2.19. The normalized spacial score (nSPS) is 19.1. The second-order valence-electron chi connectivity index (χ2n) is 6.45. The van der Waals surface area contributed by atoms with E-state index in [1.54, 1.807) is 25.4 Å². The predicted molar refractivity (Wildman–Crippen MR) is 91.4 cm³/mol. The van der Waals surface area contributed by atoms with Gasteiger partial charge in [0, 0.05) is 37.1 Å². The molecule has 24 heavy (non-hydrogen) atoms. The summed E-state index contributed by atoms with van der Waals surface area (Å²) < 4.78 is 1.28. The van der Waals surface area contributed by atoms with Crippen LogP contribution in [0.25, 0.3) is 11.3 Å². The molecular weight excluding hydrogens is 304 g/mol. The van der Waals surface area contributed by atoms with Gasteiger partial charge in [0.15, 0.2) is 0 Å². The van der Waals surface area contributed by atoms with Gasteiger partial charge in [-0.2, -0.15) is 5.10 Å². The lowest BCUT2D eigenvalue weighted by atomic mass is 10.00. The molecule has 0 bridgehead atoms. The summed E-state index contributed by atoms with van der Waals surface area (Å²) in [6.45, 7) is 5.39. The van der Waals surface area contributed by atoms with Crippen LogP contribution in [-0.2, 0) is 4.79 Å². The van der Waals surface area contributed by atoms with E-state index in [2.05, 4.69) is 17.0 Å². The van der Waals surface area contributed by atoms with E-state index >= 15 is 0 Å². The average molecular weight is 326 g/mol. The van der Waals surface area contributed by atoms with Gasteiger partial charge in [-0.25, -0.2) is 4.68 Å². The monoisotopic (exact) mass is 326 g/mol. The Hall–Kier alpha value is -2.50. The third-order valence-electron chi connectivity index (χ3n) is 4.48. The molecular formula is C18H22N4O2. The SMILES string of the molecule is CC1CCCN(C(=O)C(C)n2nc(-c3cccnc3)ccc2=O)C1. The van der Waals surface area contributed by atoms with Crippen LogP contribution in [-0.4, -0.2) is 38.7 Å². The molecule has 2 unspecified atom stereocenters. The van der Waals surface area contributed by atoms with Crippen LogP contribution in [0.5, 0.6) is 0 Å². The standard InChI is InChI=1S/C18H22N4O2/c1-13-5-4-10-21(12-13)18(24)14(2)22-17(23)8-7-16(20-22)15-6-3-9-19-11-15/h3,6-9,11,13-14H,4-5,10,12H2,1-2H3. The summed E-state index contributed by atoms with van der Waals surface area (Å²) in [6, 6.07) is 6.20. The molecule has 1 aliphatic rings. The van der Waals surface area contributed by atoms with Crippen LogP contribution in [0.3, 0.4) is 0 Å². The van der Waals surface area contributed by atoms with E-state index in [0.29, 0.717) is 11.6 Å². The number of rotatable bonds is 3. The average Bonchev–Trinajstić information content (AvgIpc) is 2.61. The summed E-state index contributed by atoms with van der Waals surface area (Å²) in [5.74, 6) is 0.459. The summed E-state index contributed by atoms with van der Waals surface area (Å²) in [5.41, 5.74) is 1.18. The Kier molecular flexibility index (Phi) is 4.74. The van der Waals surface area contributed by atoms with E-state index in [9.17, 15) is 9.59 Å². The minimum absolute atomic E-state index is 0.0421. The molecule has 0 N–H and O–H groups in total. The molecule has 0 aliphatic carbocycles. The van der Waals surface area contributed by atoms with Crippen LogP contribution in [0.15, 0.2) is 41.5 Å². The van der Waals surface area contributed by atoms with E-state index in [0.717, 1.165) is 31.5 Å². The Bertz CT molecular complexity index is 772. The fourth-order valence-electron chi connectivity index (χ4n) is 3.13. The van der Waals surface area contributed by atoms with Gasteiger partial charge in [0.2, 0.25) is 5.91 Å². The highest BCUT2D eigenvalue weighted by atomic mass is 16.2. The van der Waals surface area contributed by atoms with Gasteiger partial charge >= 0.3 is 0 Å². The molecule has 1 saturated heterocycles. The summed E-state index contributed by atoms with van der Waals surface area (Å²) in [6.07, 6.45) is 5.53. The Morgan fingerprint density at radius 3 is 2.88 bits per heavy atom. The van der Waals surface area contributed by atoms with Crippen LogP contribution in [0.2, 0.25) is 0 Å². The molecule has 0 radical (unpaired) electrons. The smallest absolute Gasteiger partial charge is 0.267 e. The maximum Gasteiger partial charge on any atom is 0.267 e. The first-order valence-corrected chi connectivity index (χ1v) is 8.35. The fraction of sp³-hybridized carbons (Fsp3) is 0.444. The number of piperidine rings is 1. The van der Waals surface area contributed by atoms with Gasteiger partial charge in [0.25, 0.3) is 5.56 Å². The van der Waals surface area contributed by atoms with E-state index in [1.807, 2.05) is 17.0 Å². The third-order valence-corrected chi connectivity index (χ3v) is 4.48. The number of aromatic nitrogens is 3. The lowest BCUT2D eigenvalue weighted by Gasteiger charge is -2.32. The highest BCUT2D eigenvalue weighted by Gasteiger charge is 2.27. The molecule has 2 aromatic heterocycles. The van der Waals surface area contributed by atoms with Crippen molar-refractivity contribution in [3.05, 3.63) is 47.0 Å². The van der Waals surface area contributed by atoms with Gasteiger partial charge in [0.05, 0.1) is 5.69 Å². The van der Waals surface area contributed by atoms with Crippen molar-refractivity contribution >= 4 is 5.91 Å². The topological polar surface area (TPSA) is 68.1 Å². The van der Waals surface area contributed by atoms with Crippen LogP contribution < -0.4 is 5.56 Å². The molecule has 1 amide bonds. The van der Waals surface area contributed by atoms with E-state index < -0.39 is 6.04 Å². The van der Waals surface area contributed by atoms with Crippen molar-refractivity contribution in [3.8, 4) is 11.3 Å². The second kappa shape index (κ2) is 6.95. The first-order chi connectivity index (χ1) is 11.6. The molecule has 126 valence electrons. The number of carbonyl (C=O) groups is 1. The van der Waals surface area contributed by atoms with Crippen molar-refractivity contribution in [3.63, 3.8) is 0 Å². The Balaban J connectivity index is 1.88. The molecule has 6 heteroatoms. The van der Waals surface area contributed by atoms with E-state index in [4.69, 9.17) is 0 Å². The molecule has 0 saturated carbocycles. The fourth-order valence-corrected chi connectivity index (χ4v) is 3.13. The van der Waals surface area contributed by atoms with Crippen LogP contribution in [0.1, 0.15) is 32.7 Å². The third kappa shape index (κ3) is 3.37. The molecule has 1 fully saturated rings. The minimum atomic E-state index is -0.612. The first-order valence-electron chi connectivity index (χ1n) is 8.35. The molecule has 0 spiro atoms. The lowest BCUT2D eigenvalue weighted by molar-refractivity contribution is -0.136. The molecule has 2 aromatic rings. The molecule has 2 atom stereocenters. The first kappa shape index (κ1) is 16.4. The van der Waals surface area contributed by atoms with Gasteiger partial charge in [-0.05, 0) is 43.9 Å². The zero-order valence-electron chi connectivity index (χ0n) is 14.1. The van der Waals surface area contributed by atoms with Crippen LogP contribution in [0.4, 0.5) is 0 Å². The van der Waals surface area contributed by atoms with Gasteiger partial charge < -0.3 is 4.90 Å². The zero-order chi connectivity index (χ0) is 17.1. The second-order valence-corrected chi connectivity index (χ2v) is 6.45. The van der Waals surface area contributed by atoms with Crippen LogP contribution in [0, 0.1) is 5.92 Å². The van der Waals surface area contributed by atoms with E-state index in [1.165, 1.54) is 10.7 Å². The number of nitrogens with zero attached hydrogens (tertiary/aromatic N) is 4. The van der Waals surface area contributed by atoms with Crippen molar-refractivity contribution in [1.29, 1.82) is 0 Å². The molecule has 3 heterocycles. The van der Waals surface area contributed by atoms with Crippen molar-refractivity contribution in [2.75, 3.05) is 13.1 Å². The number of hydrogen-bond donors (Lipinski definition) is 0. The number of pyridine rings is 1. The summed E-state index contributed by atoms with van der Waals surface area (Å²) in [5, 5.41) is 4.39. The Labute approximate surface area is 141 Å². The maximum absolute atomic E-state index is 12.8. The Morgan fingerprint density at radius 2 is 2.17 bits per heavy atom. The zero-order valence-corrected chi connectivity index (χ0v) is 14.1. The van der Waals surface area contributed by atoms with Crippen molar-refractivity contribution < 1.29 is 4.79 Å². The summed E-state index contributed by atoms with van der Waals surface area (Å²) in [7, 11) is 0. The number of carbonyl (C=O) groups excluding carboxylic acids is 1. The van der Waals surface area contributed by atoms with Crippen molar-refractivity contribution in [2.24, 2.45) is 5.92 Å². The van der Waals surface area contributed by atoms with Crippen molar-refractivity contribution in [1.82, 2.24) is 19.7 Å². The van der Waals surface area contributed by atoms with Gasteiger partial charge in [0.1, 0.15) is 6.04 Å². The largest absolute Gasteiger partial charge is 0.341 e. The molecule has 1 aliphatic heterocycles. The number of likely N-dealkylation sites (tertiary alicyclic amines) is 1. The Morgan fingerprint density at radius 1 is 1.33 bits per heavy atom. The van der Waals surface area contributed by atoms with Crippen LogP contribution >= 0.6 is 0 Å². The van der Waals surface area contributed by atoms with Gasteiger partial charge in [-0.1, -0.05) is 6.92 Å². The maximum atomic E-state index is 12.8.